The third-order valence-corrected chi connectivity index (χ3v) is 3.57. The Hall–Kier alpha value is -0.710. The highest BCUT2D eigenvalue weighted by Crippen LogP contribution is 2.25. The second-order valence-electron chi connectivity index (χ2n) is 4.93. The maximum Gasteiger partial charge on any atom is 0.237 e. The second kappa shape index (κ2) is 4.65. The van der Waals surface area contributed by atoms with E-state index >= 15 is 0 Å². The first kappa shape index (κ1) is 11.8. The summed E-state index contributed by atoms with van der Waals surface area (Å²) in [5.41, 5.74) is 1.24. The molecule has 0 radical (unpaired) electrons. The van der Waals surface area contributed by atoms with Crippen LogP contribution < -0.4 is 0 Å². The molecule has 1 aromatic rings. The number of nitrogens with zero attached hydrogens (tertiary/aromatic N) is 1. The van der Waals surface area contributed by atoms with Gasteiger partial charge in [-0.1, -0.05) is 44.2 Å². The number of hydrogen-bond acceptors (Lipinski definition) is 2. The van der Waals surface area contributed by atoms with Gasteiger partial charge in [0.2, 0.25) is 11.3 Å². The first-order chi connectivity index (χ1) is 7.57. The maximum absolute atomic E-state index is 11.7. The van der Waals surface area contributed by atoms with Crippen molar-refractivity contribution in [1.29, 1.82) is 0 Å². The SMILES string of the molecule is CC1(C)COS(=O)N(Cc2ccccc2)C1. The molecule has 1 atom stereocenters. The van der Waals surface area contributed by atoms with Crippen molar-refractivity contribution in [2.45, 2.75) is 20.4 Å². The van der Waals surface area contributed by atoms with E-state index in [0.717, 1.165) is 12.1 Å². The Morgan fingerprint density at radius 3 is 2.75 bits per heavy atom. The minimum Gasteiger partial charge on any atom is -0.277 e. The van der Waals surface area contributed by atoms with Crippen molar-refractivity contribution in [2.75, 3.05) is 13.2 Å². The Morgan fingerprint density at radius 1 is 1.38 bits per heavy atom. The molecule has 88 valence electrons. The van der Waals surface area contributed by atoms with Gasteiger partial charge in [-0.25, -0.2) is 4.21 Å². The van der Waals surface area contributed by atoms with Crippen molar-refractivity contribution in [3.05, 3.63) is 35.9 Å². The first-order valence-electron chi connectivity index (χ1n) is 5.41. The molecule has 0 aromatic heterocycles. The predicted octanol–water partition coefficient (Wildman–Crippen LogP) is 2.12. The Kier molecular flexibility index (Phi) is 3.42. The van der Waals surface area contributed by atoms with Crippen molar-refractivity contribution >= 4 is 11.3 Å². The van der Waals surface area contributed by atoms with E-state index in [-0.39, 0.29) is 5.41 Å². The van der Waals surface area contributed by atoms with Gasteiger partial charge in [0.25, 0.3) is 0 Å². The zero-order valence-corrected chi connectivity index (χ0v) is 10.5. The highest BCUT2D eigenvalue weighted by molar-refractivity contribution is 7.77. The fourth-order valence-electron chi connectivity index (χ4n) is 1.76. The Labute approximate surface area is 99.2 Å². The third kappa shape index (κ3) is 2.90. The molecule has 0 saturated carbocycles. The lowest BCUT2D eigenvalue weighted by atomic mass is 9.95. The van der Waals surface area contributed by atoms with E-state index in [1.165, 1.54) is 0 Å². The van der Waals surface area contributed by atoms with Gasteiger partial charge in [0.15, 0.2) is 0 Å². The number of rotatable bonds is 2. The third-order valence-electron chi connectivity index (χ3n) is 2.57. The van der Waals surface area contributed by atoms with Gasteiger partial charge in [-0.3, -0.25) is 4.18 Å². The Balaban J connectivity index is 2.06. The van der Waals surface area contributed by atoms with Gasteiger partial charge in [0.05, 0.1) is 6.61 Å². The molecule has 0 N–H and O–H groups in total. The number of hydrogen-bond donors (Lipinski definition) is 0. The average molecular weight is 239 g/mol. The van der Waals surface area contributed by atoms with Crippen LogP contribution in [0.5, 0.6) is 0 Å². The summed E-state index contributed by atoms with van der Waals surface area (Å²) in [6.45, 7) is 6.29. The van der Waals surface area contributed by atoms with E-state index < -0.39 is 11.3 Å². The van der Waals surface area contributed by atoms with Crippen LogP contribution in [0.4, 0.5) is 0 Å². The van der Waals surface area contributed by atoms with E-state index in [4.69, 9.17) is 4.18 Å². The summed E-state index contributed by atoms with van der Waals surface area (Å²) in [7, 11) is 0. The molecule has 3 nitrogen and oxygen atoms in total. The minimum absolute atomic E-state index is 0.0721. The highest BCUT2D eigenvalue weighted by Gasteiger charge is 2.32. The molecular weight excluding hydrogens is 222 g/mol. The molecule has 1 aliphatic rings. The van der Waals surface area contributed by atoms with E-state index in [0.29, 0.717) is 13.2 Å². The summed E-state index contributed by atoms with van der Waals surface area (Å²) in [6, 6.07) is 10.1. The van der Waals surface area contributed by atoms with Crippen molar-refractivity contribution in [1.82, 2.24) is 4.31 Å². The van der Waals surface area contributed by atoms with Crippen LogP contribution >= 0.6 is 0 Å². The van der Waals surface area contributed by atoms with Crippen molar-refractivity contribution < 1.29 is 8.39 Å². The molecule has 1 unspecified atom stereocenters. The van der Waals surface area contributed by atoms with E-state index in [1.54, 1.807) is 0 Å². The molecule has 0 amide bonds. The lowest BCUT2D eigenvalue weighted by molar-refractivity contribution is 0.113. The van der Waals surface area contributed by atoms with E-state index in [9.17, 15) is 4.21 Å². The van der Waals surface area contributed by atoms with Gasteiger partial charge in [0.1, 0.15) is 0 Å². The standard InChI is InChI=1S/C12H17NO2S/c1-12(2)9-13(16(14)15-10-12)8-11-6-4-3-5-7-11/h3-7H,8-10H2,1-2H3. The molecule has 0 bridgehead atoms. The quantitative estimate of drug-likeness (QED) is 0.791. The maximum atomic E-state index is 11.7. The molecule has 2 rings (SSSR count). The summed E-state index contributed by atoms with van der Waals surface area (Å²) < 4.78 is 18.9. The van der Waals surface area contributed by atoms with E-state index in [2.05, 4.69) is 13.8 Å². The molecule has 0 spiro atoms. The van der Waals surface area contributed by atoms with Crippen LogP contribution in [0, 0.1) is 5.41 Å². The van der Waals surface area contributed by atoms with Crippen LogP contribution in [0.1, 0.15) is 19.4 Å². The largest absolute Gasteiger partial charge is 0.277 e. The van der Waals surface area contributed by atoms with Crippen molar-refractivity contribution in [3.63, 3.8) is 0 Å². The summed E-state index contributed by atoms with van der Waals surface area (Å²) in [5, 5.41) is 0. The topological polar surface area (TPSA) is 29.5 Å². The molecule has 1 aromatic carbocycles. The fourth-order valence-corrected chi connectivity index (χ4v) is 3.03. The van der Waals surface area contributed by atoms with Crippen LogP contribution in [0.2, 0.25) is 0 Å². The fraction of sp³-hybridized carbons (Fsp3) is 0.500. The summed E-state index contributed by atoms with van der Waals surface area (Å²) in [5.74, 6) is 0. The van der Waals surface area contributed by atoms with Gasteiger partial charge in [-0.2, -0.15) is 4.31 Å². The highest BCUT2D eigenvalue weighted by atomic mass is 32.2. The zero-order chi connectivity index (χ0) is 11.6. The minimum atomic E-state index is -1.29. The van der Waals surface area contributed by atoms with Crippen LogP contribution in [0.15, 0.2) is 30.3 Å². The molecule has 1 heterocycles. The van der Waals surface area contributed by atoms with Crippen molar-refractivity contribution in [2.24, 2.45) is 5.41 Å². The Morgan fingerprint density at radius 2 is 2.06 bits per heavy atom. The van der Waals surface area contributed by atoms with Crippen LogP contribution in [-0.4, -0.2) is 21.7 Å². The summed E-state index contributed by atoms with van der Waals surface area (Å²) in [6.07, 6.45) is 0. The van der Waals surface area contributed by atoms with Crippen LogP contribution in [-0.2, 0) is 22.0 Å². The molecule has 0 aliphatic carbocycles. The molecule has 4 heteroatoms. The number of benzene rings is 1. The smallest absolute Gasteiger partial charge is 0.237 e. The zero-order valence-electron chi connectivity index (χ0n) is 9.68. The summed E-state index contributed by atoms with van der Waals surface area (Å²) in [4.78, 5) is 0. The van der Waals surface area contributed by atoms with E-state index in [1.807, 2.05) is 34.6 Å². The van der Waals surface area contributed by atoms with Gasteiger partial charge in [0, 0.05) is 18.5 Å². The molecular formula is C12H17NO2S. The normalized spacial score (nSPS) is 25.5. The van der Waals surface area contributed by atoms with Gasteiger partial charge < -0.3 is 0 Å². The van der Waals surface area contributed by atoms with Gasteiger partial charge >= 0.3 is 0 Å². The average Bonchev–Trinajstić information content (AvgIpc) is 2.25. The monoisotopic (exact) mass is 239 g/mol. The Bertz CT molecular complexity index is 378. The molecule has 16 heavy (non-hydrogen) atoms. The van der Waals surface area contributed by atoms with Crippen LogP contribution in [0.3, 0.4) is 0 Å². The summed E-state index contributed by atoms with van der Waals surface area (Å²) >= 11 is -1.29. The molecule has 1 fully saturated rings. The predicted molar refractivity (Wildman–Crippen MR) is 64.7 cm³/mol. The lowest BCUT2D eigenvalue weighted by Gasteiger charge is -2.35. The second-order valence-corrected chi connectivity index (χ2v) is 6.11. The van der Waals surface area contributed by atoms with Gasteiger partial charge in [-0.15, -0.1) is 0 Å². The lowest BCUT2D eigenvalue weighted by Crippen LogP contribution is -2.44. The van der Waals surface area contributed by atoms with Crippen molar-refractivity contribution in [3.8, 4) is 0 Å². The first-order valence-corrected chi connectivity index (χ1v) is 6.44. The molecule has 1 aliphatic heterocycles. The van der Waals surface area contributed by atoms with Gasteiger partial charge in [-0.05, 0) is 5.56 Å². The van der Waals surface area contributed by atoms with Crippen LogP contribution in [0.25, 0.3) is 0 Å². The molecule has 1 saturated heterocycles.